The van der Waals surface area contributed by atoms with E-state index >= 15 is 0 Å². The van der Waals surface area contributed by atoms with E-state index in [2.05, 4.69) is 27.7 Å². The molecule has 0 radical (unpaired) electrons. The van der Waals surface area contributed by atoms with Crippen molar-refractivity contribution in [3.8, 4) is 11.3 Å². The highest BCUT2D eigenvalue weighted by atomic mass is 127. The van der Waals surface area contributed by atoms with Gasteiger partial charge in [0.15, 0.2) is 0 Å². The molecule has 0 spiro atoms. The van der Waals surface area contributed by atoms with Crippen molar-refractivity contribution in [3.63, 3.8) is 0 Å². The van der Waals surface area contributed by atoms with E-state index < -0.39 is 0 Å². The minimum Gasteiger partial charge on any atom is -0.206 e. The van der Waals surface area contributed by atoms with Crippen molar-refractivity contribution < 1.29 is 4.39 Å². The summed E-state index contributed by atoms with van der Waals surface area (Å²) in [7, 11) is 0. The maximum atomic E-state index is 13.5. The smallest absolute Gasteiger partial charge is 0.132 e. The molecule has 2 rings (SSSR count). The Balaban J connectivity index is 2.66. The lowest BCUT2D eigenvalue weighted by Gasteiger charge is -2.02. The molecule has 5 heteroatoms. The highest BCUT2D eigenvalue weighted by Crippen LogP contribution is 2.28. The van der Waals surface area contributed by atoms with Crippen LogP contribution in [0.25, 0.3) is 11.3 Å². The zero-order valence-electron chi connectivity index (χ0n) is 6.92. The minimum absolute atomic E-state index is 0.219. The van der Waals surface area contributed by atoms with E-state index in [1.807, 2.05) is 28.9 Å². The summed E-state index contributed by atoms with van der Waals surface area (Å²) in [5, 5.41) is 4.06. The maximum Gasteiger partial charge on any atom is 0.132 e. The third-order valence-corrected chi connectivity index (χ3v) is 3.33. The van der Waals surface area contributed by atoms with Gasteiger partial charge >= 0.3 is 0 Å². The second-order valence-corrected chi connectivity index (χ2v) is 4.76. The fraction of sp³-hybridized carbons (Fsp3) is 0. The third-order valence-electron chi connectivity index (χ3n) is 1.81. The summed E-state index contributed by atoms with van der Waals surface area (Å²) in [4.78, 5) is 0. The fourth-order valence-electron chi connectivity index (χ4n) is 1.19. The van der Waals surface area contributed by atoms with Crippen LogP contribution in [-0.4, -0.2) is 7.99 Å². The van der Waals surface area contributed by atoms with E-state index in [1.165, 1.54) is 6.07 Å². The Bertz CT molecular complexity index is 448. The molecule has 1 heterocycles. The van der Waals surface area contributed by atoms with E-state index in [0.29, 0.717) is 5.56 Å². The topological polar surface area (TPSA) is 17.8 Å². The molecule has 0 aliphatic heterocycles. The van der Waals surface area contributed by atoms with Gasteiger partial charge < -0.3 is 0 Å². The molecule has 0 aliphatic carbocycles. The quantitative estimate of drug-likeness (QED) is 0.654. The molecule has 14 heavy (non-hydrogen) atoms. The van der Waals surface area contributed by atoms with Gasteiger partial charge in [0.2, 0.25) is 0 Å². The molecular formula is C9H5FI2N2. The number of hydrogen-bond acceptors (Lipinski definition) is 1. The summed E-state index contributed by atoms with van der Waals surface area (Å²) in [6.45, 7) is 0. The molecule has 0 bridgehead atoms. The highest BCUT2D eigenvalue weighted by Gasteiger charge is 2.12. The molecule has 0 fully saturated rings. The second kappa shape index (κ2) is 4.13. The van der Waals surface area contributed by atoms with Gasteiger partial charge in [-0.1, -0.05) is 12.1 Å². The van der Waals surface area contributed by atoms with Crippen LogP contribution in [0.3, 0.4) is 0 Å². The van der Waals surface area contributed by atoms with Gasteiger partial charge in [0.1, 0.15) is 5.82 Å². The molecule has 2 aromatic rings. The lowest BCUT2D eigenvalue weighted by molar-refractivity contribution is 0.630. The first kappa shape index (κ1) is 10.3. The van der Waals surface area contributed by atoms with Crippen molar-refractivity contribution in [2.45, 2.75) is 0 Å². The first-order valence-corrected chi connectivity index (χ1v) is 5.89. The molecule has 0 amide bonds. The van der Waals surface area contributed by atoms with Gasteiger partial charge in [-0.05, 0) is 34.7 Å². The van der Waals surface area contributed by atoms with Gasteiger partial charge in [0.05, 0.1) is 38.3 Å². The summed E-state index contributed by atoms with van der Waals surface area (Å²) in [5.41, 5.74) is 1.40. The SMILES string of the molecule is Fc1ccccc1-c1c(I)cnn1I. The standard InChI is InChI=1S/C9H5FI2N2/c10-7-4-2-1-3-6(7)9-8(11)5-13-14(9)12/h1-5H. The normalized spacial score (nSPS) is 10.5. The Hall–Kier alpha value is -0.180. The maximum absolute atomic E-state index is 13.5. The average Bonchev–Trinajstić information content (AvgIpc) is 2.48. The average molecular weight is 414 g/mol. The zero-order chi connectivity index (χ0) is 10.1. The van der Waals surface area contributed by atoms with Crippen LogP contribution in [0.15, 0.2) is 30.5 Å². The van der Waals surface area contributed by atoms with E-state index in [4.69, 9.17) is 0 Å². The molecule has 1 aromatic carbocycles. The van der Waals surface area contributed by atoms with Crippen molar-refractivity contribution in [2.75, 3.05) is 0 Å². The summed E-state index contributed by atoms with van der Waals surface area (Å²) in [6.07, 6.45) is 1.72. The van der Waals surface area contributed by atoms with E-state index in [9.17, 15) is 4.39 Å². The van der Waals surface area contributed by atoms with E-state index in [-0.39, 0.29) is 5.82 Å². The first-order chi connectivity index (χ1) is 6.70. The molecule has 72 valence electrons. The Labute approximate surface area is 108 Å². The molecular weight excluding hydrogens is 409 g/mol. The molecule has 0 saturated heterocycles. The molecule has 0 saturated carbocycles. The summed E-state index contributed by atoms with van der Waals surface area (Å²) < 4.78 is 16.1. The van der Waals surface area contributed by atoms with Gasteiger partial charge in [-0.3, -0.25) is 0 Å². The van der Waals surface area contributed by atoms with E-state index in [0.717, 1.165) is 9.26 Å². The Kier molecular flexibility index (Phi) is 3.05. The molecule has 2 nitrogen and oxygen atoms in total. The van der Waals surface area contributed by atoms with Crippen molar-refractivity contribution in [3.05, 3.63) is 39.8 Å². The molecule has 0 unspecified atom stereocenters. The molecule has 0 atom stereocenters. The largest absolute Gasteiger partial charge is 0.206 e. The van der Waals surface area contributed by atoms with Crippen LogP contribution in [-0.2, 0) is 0 Å². The zero-order valence-corrected chi connectivity index (χ0v) is 11.2. The van der Waals surface area contributed by atoms with Crippen molar-refractivity contribution in [2.24, 2.45) is 0 Å². The van der Waals surface area contributed by atoms with Crippen LogP contribution in [0.5, 0.6) is 0 Å². The third kappa shape index (κ3) is 1.79. The summed E-state index contributed by atoms with van der Waals surface area (Å²) in [6, 6.07) is 6.70. The number of nitrogens with zero attached hydrogens (tertiary/aromatic N) is 2. The predicted molar refractivity (Wildman–Crippen MR) is 69.8 cm³/mol. The summed E-state index contributed by atoms with van der Waals surface area (Å²) >= 11 is 4.18. The van der Waals surface area contributed by atoms with E-state index in [1.54, 1.807) is 21.2 Å². The Morgan fingerprint density at radius 2 is 2.00 bits per heavy atom. The monoisotopic (exact) mass is 414 g/mol. The van der Waals surface area contributed by atoms with Crippen molar-refractivity contribution in [1.29, 1.82) is 0 Å². The van der Waals surface area contributed by atoms with Gasteiger partial charge in [0.25, 0.3) is 0 Å². The summed E-state index contributed by atoms with van der Waals surface area (Å²) in [5.74, 6) is -0.219. The Morgan fingerprint density at radius 3 is 2.57 bits per heavy atom. The molecule has 1 aromatic heterocycles. The first-order valence-electron chi connectivity index (χ1n) is 3.84. The second-order valence-electron chi connectivity index (χ2n) is 2.68. The number of aromatic nitrogens is 2. The number of rotatable bonds is 1. The van der Waals surface area contributed by atoms with Crippen molar-refractivity contribution >= 4 is 45.5 Å². The van der Waals surface area contributed by atoms with Crippen LogP contribution in [0.4, 0.5) is 4.39 Å². The van der Waals surface area contributed by atoms with Crippen LogP contribution in [0.1, 0.15) is 0 Å². The van der Waals surface area contributed by atoms with Gasteiger partial charge in [-0.15, -0.1) is 0 Å². The van der Waals surface area contributed by atoms with Crippen LogP contribution in [0, 0.1) is 9.39 Å². The van der Waals surface area contributed by atoms with Crippen LogP contribution in [0.2, 0.25) is 0 Å². The molecule has 0 N–H and O–H groups in total. The van der Waals surface area contributed by atoms with Crippen LogP contribution < -0.4 is 0 Å². The Morgan fingerprint density at radius 1 is 1.29 bits per heavy atom. The fourth-order valence-corrected chi connectivity index (χ4v) is 2.94. The van der Waals surface area contributed by atoms with Gasteiger partial charge in [0, 0.05) is 5.56 Å². The minimum atomic E-state index is -0.219. The molecule has 0 aliphatic rings. The lowest BCUT2D eigenvalue weighted by atomic mass is 10.1. The highest BCUT2D eigenvalue weighted by molar-refractivity contribution is 14.1. The van der Waals surface area contributed by atoms with Crippen molar-refractivity contribution in [1.82, 2.24) is 7.99 Å². The number of halogens is 3. The van der Waals surface area contributed by atoms with Gasteiger partial charge in [-0.25, -0.2) is 7.29 Å². The number of benzene rings is 1. The number of hydrogen-bond donors (Lipinski definition) is 0. The van der Waals surface area contributed by atoms with Crippen LogP contribution >= 0.6 is 45.5 Å². The van der Waals surface area contributed by atoms with Gasteiger partial charge in [-0.2, -0.15) is 5.10 Å². The predicted octanol–water partition coefficient (Wildman–Crippen LogP) is 3.49. The lowest BCUT2D eigenvalue weighted by Crippen LogP contribution is -1.90.